The Balaban J connectivity index is 2.25. The Morgan fingerprint density at radius 3 is 2.44 bits per heavy atom. The lowest BCUT2D eigenvalue weighted by atomic mass is 9.89. The van der Waals surface area contributed by atoms with Gasteiger partial charge in [0.05, 0.1) is 24.4 Å². The third-order valence-electron chi connectivity index (χ3n) is 4.02. The molecule has 5 nitrogen and oxygen atoms in total. The van der Waals surface area contributed by atoms with Crippen LogP contribution in [0.1, 0.15) is 17.2 Å². The number of halogens is 2. The number of Topliss-reactive ketones (excluding diaryl/α,β-unsaturated/α-hetero) is 1. The Kier molecular flexibility index (Phi) is 5.27. The fraction of sp³-hybridized carbons (Fsp3) is 0.105. The molecular weight excluding hydrogens is 374 g/mol. The van der Waals surface area contributed by atoms with E-state index in [0.29, 0.717) is 11.6 Å². The van der Waals surface area contributed by atoms with Crippen LogP contribution in [0, 0.1) is 11.6 Å². The molecule has 27 heavy (non-hydrogen) atoms. The van der Waals surface area contributed by atoms with E-state index in [-0.39, 0.29) is 21.9 Å². The normalized spacial score (nSPS) is 16.4. The van der Waals surface area contributed by atoms with E-state index in [1.54, 1.807) is 30.3 Å². The molecule has 0 fully saturated rings. The number of nitrogens with one attached hydrogen (secondary N) is 2. The summed E-state index contributed by atoms with van der Waals surface area (Å²) in [4.78, 5) is 24.7. The highest BCUT2D eigenvalue weighted by Gasteiger charge is 2.36. The Morgan fingerprint density at radius 2 is 1.81 bits per heavy atom. The van der Waals surface area contributed by atoms with E-state index < -0.39 is 29.4 Å². The maximum Gasteiger partial charge on any atom is 0.379 e. The predicted molar refractivity (Wildman–Crippen MR) is 98.4 cm³/mol. The van der Waals surface area contributed by atoms with Gasteiger partial charge in [-0.3, -0.25) is 4.79 Å². The number of ketones is 1. The molecule has 0 saturated carbocycles. The number of thiocarbonyl (C=S) groups is 1. The molecule has 0 saturated heterocycles. The van der Waals surface area contributed by atoms with Gasteiger partial charge in [-0.25, -0.2) is 13.6 Å². The molecule has 2 aromatic rings. The lowest BCUT2D eigenvalue weighted by Crippen LogP contribution is -2.46. The predicted octanol–water partition coefficient (Wildman–Crippen LogP) is 2.64. The first-order valence-corrected chi connectivity index (χ1v) is 8.28. The van der Waals surface area contributed by atoms with E-state index in [0.717, 1.165) is 13.2 Å². The average molecular weight is 388 g/mol. The van der Waals surface area contributed by atoms with Crippen molar-refractivity contribution >= 4 is 34.8 Å². The molecule has 0 aromatic heterocycles. The second kappa shape index (κ2) is 7.63. The largest absolute Gasteiger partial charge is 0.463 e. The smallest absolute Gasteiger partial charge is 0.379 e. The molecule has 1 atom stereocenters. The van der Waals surface area contributed by atoms with Gasteiger partial charge in [0.15, 0.2) is 5.11 Å². The van der Waals surface area contributed by atoms with Crippen molar-refractivity contribution in [2.24, 2.45) is 0 Å². The maximum absolute atomic E-state index is 14.4. The Labute approximate surface area is 159 Å². The van der Waals surface area contributed by atoms with Gasteiger partial charge >= 0.3 is 5.97 Å². The second-order valence-corrected chi connectivity index (χ2v) is 6.08. The van der Waals surface area contributed by atoms with Crippen molar-refractivity contribution in [3.8, 4) is 0 Å². The minimum atomic E-state index is -1.11. The zero-order valence-corrected chi connectivity index (χ0v) is 14.9. The van der Waals surface area contributed by atoms with Crippen molar-refractivity contribution in [3.05, 3.63) is 76.9 Å². The lowest BCUT2D eigenvalue weighted by molar-refractivity contribution is -0.150. The van der Waals surface area contributed by atoms with Crippen molar-refractivity contribution in [1.82, 2.24) is 10.6 Å². The van der Waals surface area contributed by atoms with E-state index in [2.05, 4.69) is 15.4 Å². The molecule has 3 rings (SSSR count). The lowest BCUT2D eigenvalue weighted by Gasteiger charge is -2.31. The van der Waals surface area contributed by atoms with Crippen LogP contribution in [0.3, 0.4) is 0 Å². The fourth-order valence-corrected chi connectivity index (χ4v) is 3.03. The van der Waals surface area contributed by atoms with Crippen molar-refractivity contribution in [3.63, 3.8) is 0 Å². The number of methoxy groups -OCH3 is 1. The standard InChI is InChI=1S/C19H14F2N2O3S/c1-26-18(25)17(24)14-15(10-5-3-2-4-6-10)22-19(27)23-16(14)12-8-7-11(20)9-13(12)21/h2-9,16H,1H3,(H2,22,23,27)/t16-/m0/s1. The third-order valence-corrected chi connectivity index (χ3v) is 4.24. The first-order chi connectivity index (χ1) is 12.9. The van der Waals surface area contributed by atoms with E-state index in [1.807, 2.05) is 0 Å². The zero-order chi connectivity index (χ0) is 19.6. The van der Waals surface area contributed by atoms with Crippen molar-refractivity contribution in [2.75, 3.05) is 7.11 Å². The molecule has 0 bridgehead atoms. The third kappa shape index (κ3) is 3.70. The highest BCUT2D eigenvalue weighted by atomic mass is 32.1. The topological polar surface area (TPSA) is 67.4 Å². The molecule has 2 aromatic carbocycles. The summed E-state index contributed by atoms with van der Waals surface area (Å²) >= 11 is 5.18. The monoisotopic (exact) mass is 388 g/mol. The number of ether oxygens (including phenoxy) is 1. The van der Waals surface area contributed by atoms with Crippen molar-refractivity contribution < 1.29 is 23.1 Å². The molecule has 0 radical (unpaired) electrons. The fourth-order valence-electron chi connectivity index (χ4n) is 2.81. The van der Waals surface area contributed by atoms with Gasteiger partial charge < -0.3 is 15.4 Å². The van der Waals surface area contributed by atoms with Gasteiger partial charge in [0.1, 0.15) is 11.6 Å². The van der Waals surface area contributed by atoms with Gasteiger partial charge in [0, 0.05) is 11.6 Å². The number of carbonyl (C=O) groups excluding carboxylic acids is 2. The van der Waals surface area contributed by atoms with E-state index in [9.17, 15) is 18.4 Å². The molecule has 8 heteroatoms. The maximum atomic E-state index is 14.4. The summed E-state index contributed by atoms with van der Waals surface area (Å²) < 4.78 is 32.3. The summed E-state index contributed by atoms with van der Waals surface area (Å²) in [7, 11) is 1.07. The van der Waals surface area contributed by atoms with Gasteiger partial charge in [0.25, 0.3) is 5.78 Å². The van der Waals surface area contributed by atoms with Crippen LogP contribution in [0.4, 0.5) is 8.78 Å². The highest BCUT2D eigenvalue weighted by molar-refractivity contribution is 7.80. The summed E-state index contributed by atoms with van der Waals surface area (Å²) in [6.45, 7) is 0. The van der Waals surface area contributed by atoms with Gasteiger partial charge in [-0.15, -0.1) is 0 Å². The van der Waals surface area contributed by atoms with Crippen LogP contribution in [0.5, 0.6) is 0 Å². The van der Waals surface area contributed by atoms with Gasteiger partial charge in [-0.05, 0) is 23.8 Å². The van der Waals surface area contributed by atoms with Crippen molar-refractivity contribution in [1.29, 1.82) is 0 Å². The first-order valence-electron chi connectivity index (χ1n) is 7.87. The van der Waals surface area contributed by atoms with Crippen LogP contribution in [0.15, 0.2) is 54.1 Å². The zero-order valence-electron chi connectivity index (χ0n) is 14.1. The summed E-state index contributed by atoms with van der Waals surface area (Å²) in [6, 6.07) is 10.5. The number of carbonyl (C=O) groups is 2. The van der Waals surface area contributed by atoms with Crippen LogP contribution < -0.4 is 10.6 Å². The number of esters is 1. The average Bonchev–Trinajstić information content (AvgIpc) is 2.67. The van der Waals surface area contributed by atoms with Crippen LogP contribution in [0.2, 0.25) is 0 Å². The minimum absolute atomic E-state index is 0.0269. The van der Waals surface area contributed by atoms with Gasteiger partial charge in [-0.1, -0.05) is 36.4 Å². The van der Waals surface area contributed by atoms with Crippen molar-refractivity contribution in [2.45, 2.75) is 6.04 Å². The van der Waals surface area contributed by atoms with Crippen LogP contribution in [-0.2, 0) is 14.3 Å². The molecule has 1 aliphatic rings. The second-order valence-electron chi connectivity index (χ2n) is 5.67. The Morgan fingerprint density at radius 1 is 1.11 bits per heavy atom. The SMILES string of the molecule is COC(=O)C(=O)C1=C(c2ccccc2)NC(=S)N[C@H]1c1ccc(F)cc1F. The number of hydrogen-bond acceptors (Lipinski definition) is 4. The molecule has 1 aliphatic heterocycles. The molecule has 138 valence electrons. The molecule has 0 spiro atoms. The molecule has 0 amide bonds. The number of rotatable bonds is 4. The first kappa shape index (κ1) is 18.7. The summed E-state index contributed by atoms with van der Waals surface area (Å²) in [5.41, 5.74) is 0.720. The molecule has 0 aliphatic carbocycles. The Bertz CT molecular complexity index is 961. The quantitative estimate of drug-likeness (QED) is 0.477. The summed E-state index contributed by atoms with van der Waals surface area (Å²) in [6.07, 6.45) is 0. The summed E-state index contributed by atoms with van der Waals surface area (Å²) in [5.74, 6) is -3.71. The molecule has 1 heterocycles. The minimum Gasteiger partial charge on any atom is -0.463 e. The van der Waals surface area contributed by atoms with Crippen LogP contribution in [0.25, 0.3) is 5.70 Å². The highest BCUT2D eigenvalue weighted by Crippen LogP contribution is 2.33. The number of hydrogen-bond donors (Lipinski definition) is 2. The molecule has 0 unspecified atom stereocenters. The van der Waals surface area contributed by atoms with E-state index >= 15 is 0 Å². The van der Waals surface area contributed by atoms with E-state index in [1.165, 1.54) is 6.07 Å². The van der Waals surface area contributed by atoms with Crippen LogP contribution >= 0.6 is 12.2 Å². The molecule has 2 N–H and O–H groups in total. The number of benzene rings is 2. The summed E-state index contributed by atoms with van der Waals surface area (Å²) in [5, 5.41) is 5.75. The van der Waals surface area contributed by atoms with E-state index in [4.69, 9.17) is 12.2 Å². The van der Waals surface area contributed by atoms with Crippen LogP contribution in [-0.4, -0.2) is 24.0 Å². The molecular formula is C19H14F2N2O3S. The Hall–Kier alpha value is -3.13. The van der Waals surface area contributed by atoms with Gasteiger partial charge in [-0.2, -0.15) is 0 Å². The van der Waals surface area contributed by atoms with Gasteiger partial charge in [0.2, 0.25) is 0 Å².